The molecular formula is C8H16ClNO2. The summed E-state index contributed by atoms with van der Waals surface area (Å²) in [6, 6.07) is 0.547. The zero-order chi connectivity index (χ0) is 8.27. The van der Waals surface area contributed by atoms with Crippen LogP contribution in [0.5, 0.6) is 0 Å². The lowest BCUT2D eigenvalue weighted by atomic mass is 9.94. The van der Waals surface area contributed by atoms with Gasteiger partial charge < -0.3 is 10.4 Å². The molecule has 1 rings (SSSR count). The summed E-state index contributed by atoms with van der Waals surface area (Å²) >= 11 is 0. The van der Waals surface area contributed by atoms with Gasteiger partial charge in [0.25, 0.3) is 0 Å². The minimum atomic E-state index is -0.660. The second kappa shape index (κ2) is 5.38. The van der Waals surface area contributed by atoms with E-state index in [1.807, 2.05) is 0 Å². The summed E-state index contributed by atoms with van der Waals surface area (Å²) in [5.74, 6) is -0.815. The molecule has 1 saturated heterocycles. The molecule has 0 aromatic carbocycles. The van der Waals surface area contributed by atoms with Crippen molar-refractivity contribution in [2.24, 2.45) is 5.92 Å². The van der Waals surface area contributed by atoms with Crippen molar-refractivity contribution in [2.45, 2.75) is 32.2 Å². The molecule has 12 heavy (non-hydrogen) atoms. The Kier molecular flexibility index (Phi) is 5.25. The summed E-state index contributed by atoms with van der Waals surface area (Å²) in [5, 5.41) is 11.9. The van der Waals surface area contributed by atoms with Crippen molar-refractivity contribution in [3.63, 3.8) is 0 Å². The molecule has 1 aliphatic heterocycles. The maximum atomic E-state index is 10.5. The SMILES string of the molecule is CCC1CCC(C(=O)O)CN1.Cl. The zero-order valence-corrected chi connectivity index (χ0v) is 8.06. The molecule has 0 amide bonds. The minimum Gasteiger partial charge on any atom is -0.481 e. The van der Waals surface area contributed by atoms with Gasteiger partial charge in [-0.05, 0) is 19.3 Å². The lowest BCUT2D eigenvalue weighted by molar-refractivity contribution is -0.142. The number of halogens is 1. The van der Waals surface area contributed by atoms with E-state index >= 15 is 0 Å². The number of hydrogen-bond donors (Lipinski definition) is 2. The molecule has 4 heteroatoms. The number of carbonyl (C=O) groups is 1. The first kappa shape index (κ1) is 11.7. The minimum absolute atomic E-state index is 0. The first-order valence-electron chi connectivity index (χ1n) is 4.20. The lowest BCUT2D eigenvalue weighted by Gasteiger charge is -2.26. The third-order valence-electron chi connectivity index (χ3n) is 2.36. The Bertz CT molecular complexity index is 144. The maximum absolute atomic E-state index is 10.5. The van der Waals surface area contributed by atoms with E-state index in [0.717, 1.165) is 19.3 Å². The van der Waals surface area contributed by atoms with Gasteiger partial charge in [-0.25, -0.2) is 0 Å². The summed E-state index contributed by atoms with van der Waals surface area (Å²) in [6.45, 7) is 2.77. The highest BCUT2D eigenvalue weighted by Crippen LogP contribution is 2.15. The van der Waals surface area contributed by atoms with Crippen LogP contribution in [0.2, 0.25) is 0 Å². The van der Waals surface area contributed by atoms with Crippen LogP contribution in [0.3, 0.4) is 0 Å². The summed E-state index contributed by atoms with van der Waals surface area (Å²) in [4.78, 5) is 10.5. The highest BCUT2D eigenvalue weighted by atomic mass is 35.5. The summed E-state index contributed by atoms with van der Waals surface area (Å²) in [7, 11) is 0. The molecule has 2 N–H and O–H groups in total. The monoisotopic (exact) mass is 193 g/mol. The van der Waals surface area contributed by atoms with Crippen molar-refractivity contribution in [1.82, 2.24) is 5.32 Å². The molecule has 1 aliphatic rings. The second-order valence-electron chi connectivity index (χ2n) is 3.13. The van der Waals surface area contributed by atoms with E-state index in [1.165, 1.54) is 0 Å². The number of piperidine rings is 1. The van der Waals surface area contributed by atoms with Crippen molar-refractivity contribution in [1.29, 1.82) is 0 Å². The van der Waals surface area contributed by atoms with E-state index in [-0.39, 0.29) is 18.3 Å². The standard InChI is InChI=1S/C8H15NO2.ClH/c1-2-7-4-3-6(5-9-7)8(10)11;/h6-7,9H,2-5H2,1H3,(H,10,11);1H. The second-order valence-corrected chi connectivity index (χ2v) is 3.13. The van der Waals surface area contributed by atoms with Gasteiger partial charge in [-0.2, -0.15) is 0 Å². The molecule has 0 saturated carbocycles. The van der Waals surface area contributed by atoms with Crippen LogP contribution in [-0.4, -0.2) is 23.7 Å². The van der Waals surface area contributed by atoms with E-state index in [9.17, 15) is 4.79 Å². The Labute approximate surface area is 78.9 Å². The molecule has 0 aromatic heterocycles. The van der Waals surface area contributed by atoms with Gasteiger partial charge in [-0.15, -0.1) is 12.4 Å². The summed E-state index contributed by atoms with van der Waals surface area (Å²) in [5.41, 5.74) is 0. The van der Waals surface area contributed by atoms with Crippen LogP contribution in [0.1, 0.15) is 26.2 Å². The van der Waals surface area contributed by atoms with Crippen LogP contribution < -0.4 is 5.32 Å². The third-order valence-corrected chi connectivity index (χ3v) is 2.36. The Morgan fingerprint density at radius 3 is 2.58 bits per heavy atom. The van der Waals surface area contributed by atoms with Crippen molar-refractivity contribution >= 4 is 18.4 Å². The predicted octanol–water partition coefficient (Wildman–Crippen LogP) is 1.27. The van der Waals surface area contributed by atoms with Crippen molar-refractivity contribution in [2.75, 3.05) is 6.54 Å². The fraction of sp³-hybridized carbons (Fsp3) is 0.875. The van der Waals surface area contributed by atoms with E-state index in [1.54, 1.807) is 0 Å². The normalized spacial score (nSPS) is 29.1. The quantitative estimate of drug-likeness (QED) is 0.695. The molecule has 0 bridgehead atoms. The number of rotatable bonds is 2. The number of hydrogen-bond acceptors (Lipinski definition) is 2. The summed E-state index contributed by atoms with van der Waals surface area (Å²) < 4.78 is 0. The molecule has 2 unspecified atom stereocenters. The van der Waals surface area contributed by atoms with E-state index in [2.05, 4.69) is 12.2 Å². The third kappa shape index (κ3) is 2.99. The van der Waals surface area contributed by atoms with E-state index in [4.69, 9.17) is 5.11 Å². The molecule has 0 spiro atoms. The van der Waals surface area contributed by atoms with Crippen LogP contribution in [0.25, 0.3) is 0 Å². The van der Waals surface area contributed by atoms with E-state index in [0.29, 0.717) is 12.6 Å². The van der Waals surface area contributed by atoms with Gasteiger partial charge in [-0.1, -0.05) is 6.92 Å². The van der Waals surface area contributed by atoms with Gasteiger partial charge in [0.15, 0.2) is 0 Å². The Hall–Kier alpha value is -0.280. The predicted molar refractivity (Wildman–Crippen MR) is 49.7 cm³/mol. The molecule has 0 aliphatic carbocycles. The Morgan fingerprint density at radius 1 is 1.58 bits per heavy atom. The van der Waals surface area contributed by atoms with Crippen molar-refractivity contribution in [3.8, 4) is 0 Å². The van der Waals surface area contributed by atoms with Crippen LogP contribution in [0, 0.1) is 5.92 Å². The molecule has 1 fully saturated rings. The first-order chi connectivity index (χ1) is 5.24. The van der Waals surface area contributed by atoms with Crippen molar-refractivity contribution in [3.05, 3.63) is 0 Å². The van der Waals surface area contributed by atoms with Gasteiger partial charge in [0.2, 0.25) is 0 Å². The fourth-order valence-corrected chi connectivity index (χ4v) is 1.47. The first-order valence-corrected chi connectivity index (χ1v) is 4.20. The number of carboxylic acids is 1. The maximum Gasteiger partial charge on any atom is 0.307 e. The van der Waals surface area contributed by atoms with Crippen LogP contribution in [0.15, 0.2) is 0 Å². The highest BCUT2D eigenvalue weighted by molar-refractivity contribution is 5.85. The topological polar surface area (TPSA) is 49.3 Å². The summed E-state index contributed by atoms with van der Waals surface area (Å²) in [6.07, 6.45) is 2.95. The number of aliphatic carboxylic acids is 1. The van der Waals surface area contributed by atoms with Crippen LogP contribution in [-0.2, 0) is 4.79 Å². The van der Waals surface area contributed by atoms with Gasteiger partial charge in [0, 0.05) is 12.6 Å². The molecule has 1 heterocycles. The average molecular weight is 194 g/mol. The van der Waals surface area contributed by atoms with Gasteiger partial charge in [0.05, 0.1) is 5.92 Å². The van der Waals surface area contributed by atoms with Crippen LogP contribution in [0.4, 0.5) is 0 Å². The van der Waals surface area contributed by atoms with Gasteiger partial charge >= 0.3 is 5.97 Å². The molecule has 0 aromatic rings. The zero-order valence-electron chi connectivity index (χ0n) is 7.25. The van der Waals surface area contributed by atoms with Gasteiger partial charge in [-0.3, -0.25) is 4.79 Å². The van der Waals surface area contributed by atoms with Gasteiger partial charge in [0.1, 0.15) is 0 Å². The smallest absolute Gasteiger partial charge is 0.307 e. The molecule has 72 valence electrons. The number of nitrogens with one attached hydrogen (secondary N) is 1. The average Bonchev–Trinajstić information content (AvgIpc) is 2.05. The fourth-order valence-electron chi connectivity index (χ4n) is 1.47. The largest absolute Gasteiger partial charge is 0.481 e. The molecule has 0 radical (unpaired) electrons. The van der Waals surface area contributed by atoms with Crippen LogP contribution >= 0.6 is 12.4 Å². The molecule has 2 atom stereocenters. The van der Waals surface area contributed by atoms with Crippen molar-refractivity contribution < 1.29 is 9.90 Å². The lowest BCUT2D eigenvalue weighted by Crippen LogP contribution is -2.41. The number of carboxylic acid groups (broad SMARTS) is 1. The molecule has 3 nitrogen and oxygen atoms in total. The van der Waals surface area contributed by atoms with E-state index < -0.39 is 5.97 Å². The Balaban J connectivity index is 0.00000121. The Morgan fingerprint density at radius 2 is 2.25 bits per heavy atom. The molecular weight excluding hydrogens is 178 g/mol. The highest BCUT2D eigenvalue weighted by Gasteiger charge is 2.23.